The lowest BCUT2D eigenvalue weighted by Crippen LogP contribution is -2.18. The summed E-state index contributed by atoms with van der Waals surface area (Å²) in [5.41, 5.74) is 7.51. The van der Waals surface area contributed by atoms with Crippen molar-refractivity contribution in [2.45, 2.75) is 46.7 Å². The molecule has 0 aromatic carbocycles. The number of aromatic nitrogens is 2. The molecule has 0 aliphatic carbocycles. The minimum atomic E-state index is 0.107. The maximum Gasteiger partial charge on any atom is 0.0537 e. The summed E-state index contributed by atoms with van der Waals surface area (Å²) in [5.74, 6) is 0. The summed E-state index contributed by atoms with van der Waals surface area (Å²) in [5, 5.41) is 4.22. The molecule has 0 saturated carbocycles. The van der Waals surface area contributed by atoms with Gasteiger partial charge in [0.2, 0.25) is 0 Å². The van der Waals surface area contributed by atoms with Crippen LogP contribution in [0, 0.1) is 5.41 Å². The number of hydrogen-bond acceptors (Lipinski definition) is 2. The summed E-state index contributed by atoms with van der Waals surface area (Å²) >= 11 is 0. The summed E-state index contributed by atoms with van der Waals surface area (Å²) < 4.78 is 1.91. The third-order valence-electron chi connectivity index (χ3n) is 2.24. The van der Waals surface area contributed by atoms with E-state index in [4.69, 9.17) is 5.73 Å². The van der Waals surface area contributed by atoms with Crippen molar-refractivity contribution in [3.05, 3.63) is 18.0 Å². The van der Waals surface area contributed by atoms with E-state index in [1.165, 1.54) is 0 Å². The van der Waals surface area contributed by atoms with Gasteiger partial charge in [-0.25, -0.2) is 0 Å². The molecule has 0 bridgehead atoms. The van der Waals surface area contributed by atoms with Crippen LogP contribution in [0.25, 0.3) is 0 Å². The number of rotatable bonds is 3. The Kier molecular flexibility index (Phi) is 3.32. The largest absolute Gasteiger partial charge is 0.324 e. The maximum atomic E-state index is 6.10. The molecule has 0 spiro atoms. The fraction of sp³-hybridized carbons (Fsp3) is 0.727. The van der Waals surface area contributed by atoms with Crippen LogP contribution in [0.5, 0.6) is 0 Å². The monoisotopic (exact) mass is 195 g/mol. The van der Waals surface area contributed by atoms with Gasteiger partial charge in [0.05, 0.1) is 6.20 Å². The van der Waals surface area contributed by atoms with Crippen molar-refractivity contribution in [1.82, 2.24) is 9.78 Å². The van der Waals surface area contributed by atoms with E-state index in [2.05, 4.69) is 32.8 Å². The molecular formula is C11H21N3. The lowest BCUT2D eigenvalue weighted by Gasteiger charge is -2.22. The first kappa shape index (κ1) is 11.2. The third kappa shape index (κ3) is 3.14. The highest BCUT2D eigenvalue weighted by molar-refractivity contribution is 5.10. The molecule has 0 fully saturated rings. The van der Waals surface area contributed by atoms with Gasteiger partial charge < -0.3 is 5.73 Å². The summed E-state index contributed by atoms with van der Waals surface area (Å²) in [7, 11) is 0. The molecule has 14 heavy (non-hydrogen) atoms. The quantitative estimate of drug-likeness (QED) is 0.804. The predicted molar refractivity (Wildman–Crippen MR) is 58.9 cm³/mol. The SMILES string of the molecule is CCn1cc(C(N)CC(C)(C)C)cn1. The lowest BCUT2D eigenvalue weighted by molar-refractivity contribution is 0.342. The van der Waals surface area contributed by atoms with Crippen molar-refractivity contribution in [3.8, 4) is 0 Å². The standard InChI is InChI=1S/C11H21N3/c1-5-14-8-9(7-13-14)10(12)6-11(2,3)4/h7-8,10H,5-6,12H2,1-4H3. The van der Waals surface area contributed by atoms with Gasteiger partial charge in [0.1, 0.15) is 0 Å². The van der Waals surface area contributed by atoms with Crippen LogP contribution >= 0.6 is 0 Å². The molecule has 0 aliphatic rings. The third-order valence-corrected chi connectivity index (χ3v) is 2.24. The fourth-order valence-electron chi connectivity index (χ4n) is 1.52. The van der Waals surface area contributed by atoms with Gasteiger partial charge >= 0.3 is 0 Å². The number of nitrogens with zero attached hydrogens (tertiary/aromatic N) is 2. The molecule has 1 rings (SSSR count). The molecule has 3 heteroatoms. The van der Waals surface area contributed by atoms with Crippen molar-refractivity contribution in [3.63, 3.8) is 0 Å². The second-order valence-electron chi connectivity index (χ2n) is 5.00. The highest BCUT2D eigenvalue weighted by atomic mass is 15.3. The second kappa shape index (κ2) is 4.13. The molecule has 0 saturated heterocycles. The maximum absolute atomic E-state index is 6.10. The van der Waals surface area contributed by atoms with E-state index in [0.29, 0.717) is 0 Å². The van der Waals surface area contributed by atoms with Gasteiger partial charge in [-0.2, -0.15) is 5.10 Å². The Morgan fingerprint density at radius 1 is 1.50 bits per heavy atom. The van der Waals surface area contributed by atoms with Crippen LogP contribution < -0.4 is 5.73 Å². The molecule has 1 aromatic heterocycles. The molecule has 2 N–H and O–H groups in total. The Bertz CT molecular complexity index is 283. The summed E-state index contributed by atoms with van der Waals surface area (Å²) in [6, 6.07) is 0.107. The minimum absolute atomic E-state index is 0.107. The molecule has 1 aromatic rings. The fourth-order valence-corrected chi connectivity index (χ4v) is 1.52. The Balaban J connectivity index is 2.65. The van der Waals surface area contributed by atoms with Crippen LogP contribution in [0.3, 0.4) is 0 Å². The van der Waals surface area contributed by atoms with Crippen LogP contribution in [0.1, 0.15) is 45.7 Å². The van der Waals surface area contributed by atoms with Crippen molar-refractivity contribution in [2.75, 3.05) is 0 Å². The molecule has 0 amide bonds. The highest BCUT2D eigenvalue weighted by Crippen LogP contribution is 2.27. The van der Waals surface area contributed by atoms with E-state index in [0.717, 1.165) is 18.5 Å². The molecular weight excluding hydrogens is 174 g/mol. The van der Waals surface area contributed by atoms with E-state index >= 15 is 0 Å². The van der Waals surface area contributed by atoms with Crippen LogP contribution in [0.15, 0.2) is 12.4 Å². The zero-order valence-corrected chi connectivity index (χ0v) is 9.62. The number of nitrogens with two attached hydrogens (primary N) is 1. The van der Waals surface area contributed by atoms with Gasteiger partial charge in [0, 0.05) is 24.3 Å². The Morgan fingerprint density at radius 3 is 2.57 bits per heavy atom. The van der Waals surface area contributed by atoms with Crippen molar-refractivity contribution < 1.29 is 0 Å². The van der Waals surface area contributed by atoms with Crippen LogP contribution in [-0.2, 0) is 6.54 Å². The van der Waals surface area contributed by atoms with E-state index in [1.54, 1.807) is 0 Å². The Hall–Kier alpha value is -0.830. The number of aryl methyl sites for hydroxylation is 1. The second-order valence-corrected chi connectivity index (χ2v) is 5.00. The smallest absolute Gasteiger partial charge is 0.0537 e. The van der Waals surface area contributed by atoms with Gasteiger partial charge in [-0.1, -0.05) is 20.8 Å². The minimum Gasteiger partial charge on any atom is -0.324 e. The summed E-state index contributed by atoms with van der Waals surface area (Å²) in [4.78, 5) is 0. The van der Waals surface area contributed by atoms with Crippen LogP contribution in [0.2, 0.25) is 0 Å². The Labute approximate surface area is 86.3 Å². The average molecular weight is 195 g/mol. The first-order chi connectivity index (χ1) is 6.42. The lowest BCUT2D eigenvalue weighted by atomic mass is 9.87. The van der Waals surface area contributed by atoms with Gasteiger partial charge in [0.15, 0.2) is 0 Å². The van der Waals surface area contributed by atoms with Crippen molar-refractivity contribution in [2.24, 2.45) is 11.1 Å². The highest BCUT2D eigenvalue weighted by Gasteiger charge is 2.17. The van der Waals surface area contributed by atoms with Crippen molar-refractivity contribution >= 4 is 0 Å². The van der Waals surface area contributed by atoms with Gasteiger partial charge in [-0.15, -0.1) is 0 Å². The van der Waals surface area contributed by atoms with Gasteiger partial charge in [-0.3, -0.25) is 4.68 Å². The first-order valence-electron chi connectivity index (χ1n) is 5.20. The van der Waals surface area contributed by atoms with E-state index in [9.17, 15) is 0 Å². The number of hydrogen-bond donors (Lipinski definition) is 1. The van der Waals surface area contributed by atoms with E-state index in [1.807, 2.05) is 17.1 Å². The van der Waals surface area contributed by atoms with Crippen molar-refractivity contribution in [1.29, 1.82) is 0 Å². The summed E-state index contributed by atoms with van der Waals surface area (Å²) in [6.07, 6.45) is 4.90. The molecule has 1 heterocycles. The predicted octanol–water partition coefficient (Wildman–Crippen LogP) is 2.34. The van der Waals surface area contributed by atoms with Crippen LogP contribution in [0.4, 0.5) is 0 Å². The van der Waals surface area contributed by atoms with E-state index < -0.39 is 0 Å². The molecule has 0 radical (unpaired) electrons. The topological polar surface area (TPSA) is 43.8 Å². The van der Waals surface area contributed by atoms with Gasteiger partial charge in [0.25, 0.3) is 0 Å². The first-order valence-corrected chi connectivity index (χ1v) is 5.20. The van der Waals surface area contributed by atoms with Gasteiger partial charge in [-0.05, 0) is 18.8 Å². The normalized spacial score (nSPS) is 14.4. The molecule has 80 valence electrons. The molecule has 1 atom stereocenters. The zero-order valence-electron chi connectivity index (χ0n) is 9.62. The average Bonchev–Trinajstić information content (AvgIpc) is 2.48. The Morgan fingerprint density at radius 2 is 2.14 bits per heavy atom. The van der Waals surface area contributed by atoms with Crippen LogP contribution in [-0.4, -0.2) is 9.78 Å². The van der Waals surface area contributed by atoms with E-state index in [-0.39, 0.29) is 11.5 Å². The molecule has 3 nitrogen and oxygen atoms in total. The summed E-state index contributed by atoms with van der Waals surface area (Å²) in [6.45, 7) is 9.60. The molecule has 1 unspecified atom stereocenters. The molecule has 0 aliphatic heterocycles. The zero-order chi connectivity index (χ0) is 10.8.